The maximum atomic E-state index is 12.4. The number of thioether (sulfide) groups is 1. The highest BCUT2D eigenvalue weighted by atomic mass is 79.9. The van der Waals surface area contributed by atoms with Crippen LogP contribution in [0.1, 0.15) is 19.4 Å². The first-order chi connectivity index (χ1) is 10.3. The van der Waals surface area contributed by atoms with Crippen molar-refractivity contribution in [2.75, 3.05) is 0 Å². The van der Waals surface area contributed by atoms with Gasteiger partial charge >= 0.3 is 5.97 Å². The van der Waals surface area contributed by atoms with E-state index in [-0.39, 0.29) is 10.8 Å². The van der Waals surface area contributed by atoms with E-state index in [2.05, 4.69) is 15.9 Å². The number of carbonyl (C=O) groups excluding carboxylic acids is 2. The summed E-state index contributed by atoms with van der Waals surface area (Å²) in [5, 5.41) is 8.72. The highest BCUT2D eigenvalue weighted by Crippen LogP contribution is 2.35. The van der Waals surface area contributed by atoms with Gasteiger partial charge in [-0.25, -0.2) is 4.79 Å². The zero-order valence-electron chi connectivity index (χ0n) is 11.9. The van der Waals surface area contributed by atoms with Crippen LogP contribution in [0.4, 0.5) is 4.79 Å². The van der Waals surface area contributed by atoms with Crippen molar-refractivity contribution in [3.63, 3.8) is 0 Å². The summed E-state index contributed by atoms with van der Waals surface area (Å²) in [6.07, 6.45) is 1.59. The Morgan fingerprint density at radius 3 is 2.36 bits per heavy atom. The van der Waals surface area contributed by atoms with Crippen molar-refractivity contribution in [3.05, 3.63) is 39.2 Å². The molecule has 22 heavy (non-hydrogen) atoms. The van der Waals surface area contributed by atoms with E-state index in [4.69, 9.17) is 0 Å². The molecular weight excluding hydrogens is 370 g/mol. The number of aliphatic carboxylic acids is 1. The molecular formula is C15H14BrNO4S. The monoisotopic (exact) mass is 383 g/mol. The van der Waals surface area contributed by atoms with Gasteiger partial charge < -0.3 is 5.11 Å². The number of nitrogens with zero attached hydrogens (tertiary/aromatic N) is 1. The summed E-state index contributed by atoms with van der Waals surface area (Å²) in [6.45, 7) is 3.33. The summed E-state index contributed by atoms with van der Waals surface area (Å²) < 4.78 is 0.906. The summed E-state index contributed by atoms with van der Waals surface area (Å²) in [4.78, 5) is 36.8. The van der Waals surface area contributed by atoms with E-state index in [1.54, 1.807) is 32.1 Å². The second-order valence-corrected chi connectivity index (χ2v) is 7.04. The number of amides is 2. The molecule has 5 nitrogen and oxygen atoms in total. The van der Waals surface area contributed by atoms with Crippen molar-refractivity contribution >= 4 is 50.9 Å². The lowest BCUT2D eigenvalue weighted by Gasteiger charge is -2.24. The van der Waals surface area contributed by atoms with E-state index in [1.807, 2.05) is 12.1 Å². The molecule has 1 unspecified atom stereocenters. The van der Waals surface area contributed by atoms with Crippen LogP contribution in [0.5, 0.6) is 0 Å². The molecule has 0 aromatic heterocycles. The Kier molecular flexibility index (Phi) is 5.08. The Bertz CT molecular complexity index is 654. The first-order valence-corrected chi connectivity index (χ1v) is 8.17. The molecule has 0 radical (unpaired) electrons. The molecule has 2 amide bonds. The maximum Gasteiger partial charge on any atom is 0.327 e. The molecule has 0 spiro atoms. The molecule has 1 fully saturated rings. The molecule has 1 aromatic carbocycles. The van der Waals surface area contributed by atoms with Crippen LogP contribution in [0.15, 0.2) is 33.6 Å². The molecule has 1 heterocycles. The highest BCUT2D eigenvalue weighted by molar-refractivity contribution is 9.10. The Morgan fingerprint density at radius 1 is 1.27 bits per heavy atom. The quantitative estimate of drug-likeness (QED) is 0.803. The van der Waals surface area contributed by atoms with E-state index in [0.29, 0.717) is 0 Å². The summed E-state index contributed by atoms with van der Waals surface area (Å²) in [5.41, 5.74) is 0.769. The van der Waals surface area contributed by atoms with Gasteiger partial charge in [0, 0.05) is 4.47 Å². The third-order valence-electron chi connectivity index (χ3n) is 3.15. The van der Waals surface area contributed by atoms with Crippen molar-refractivity contribution in [1.29, 1.82) is 0 Å². The van der Waals surface area contributed by atoms with E-state index < -0.39 is 23.2 Å². The molecule has 0 bridgehead atoms. The maximum absolute atomic E-state index is 12.4. The molecule has 1 aliphatic heterocycles. The van der Waals surface area contributed by atoms with Crippen LogP contribution >= 0.6 is 27.7 Å². The predicted octanol–water partition coefficient (Wildman–Crippen LogP) is 3.59. The van der Waals surface area contributed by atoms with Gasteiger partial charge in [0.15, 0.2) is 0 Å². The van der Waals surface area contributed by atoms with Crippen molar-refractivity contribution in [2.45, 2.75) is 19.9 Å². The molecule has 2 rings (SSSR count). The largest absolute Gasteiger partial charge is 0.480 e. The SMILES string of the molecule is CC(C)C(C(=O)O)N1C(=O)S/C(=C\c2ccc(Br)cc2)C1=O. The third kappa shape index (κ3) is 3.41. The molecule has 0 saturated carbocycles. The number of carbonyl (C=O) groups is 3. The summed E-state index contributed by atoms with van der Waals surface area (Å²) in [7, 11) is 0. The van der Waals surface area contributed by atoms with E-state index in [1.165, 1.54) is 0 Å². The van der Waals surface area contributed by atoms with Crippen LogP contribution < -0.4 is 0 Å². The minimum absolute atomic E-state index is 0.235. The van der Waals surface area contributed by atoms with Crippen molar-refractivity contribution in [1.82, 2.24) is 4.90 Å². The normalized spacial score (nSPS) is 18.4. The van der Waals surface area contributed by atoms with Gasteiger partial charge in [-0.3, -0.25) is 14.5 Å². The van der Waals surface area contributed by atoms with Crippen LogP contribution in [0.25, 0.3) is 6.08 Å². The average molecular weight is 384 g/mol. The lowest BCUT2D eigenvalue weighted by molar-refractivity contribution is -0.147. The molecule has 1 aliphatic rings. The summed E-state index contributed by atoms with van der Waals surface area (Å²) in [6, 6.07) is 6.10. The zero-order chi connectivity index (χ0) is 16.4. The summed E-state index contributed by atoms with van der Waals surface area (Å²) >= 11 is 4.09. The Labute approximate surface area is 140 Å². The highest BCUT2D eigenvalue weighted by Gasteiger charge is 2.44. The van der Waals surface area contributed by atoms with Crippen LogP contribution in [0.3, 0.4) is 0 Å². The van der Waals surface area contributed by atoms with Crippen molar-refractivity contribution in [2.24, 2.45) is 5.92 Å². The Hall–Kier alpha value is -1.60. The Morgan fingerprint density at radius 2 is 1.86 bits per heavy atom. The van der Waals surface area contributed by atoms with E-state index in [0.717, 1.165) is 26.7 Å². The number of rotatable bonds is 4. The minimum Gasteiger partial charge on any atom is -0.480 e. The standard InChI is InChI=1S/C15H14BrNO4S/c1-8(2)12(14(19)20)17-13(18)11(22-15(17)21)7-9-3-5-10(16)6-4-9/h3-8,12H,1-2H3,(H,19,20)/b11-7-. The van der Waals surface area contributed by atoms with E-state index >= 15 is 0 Å². The molecule has 1 saturated heterocycles. The third-order valence-corrected chi connectivity index (χ3v) is 4.57. The lowest BCUT2D eigenvalue weighted by atomic mass is 10.0. The van der Waals surface area contributed by atoms with Gasteiger partial charge in [-0.2, -0.15) is 0 Å². The van der Waals surface area contributed by atoms with Gasteiger partial charge in [-0.1, -0.05) is 41.9 Å². The van der Waals surface area contributed by atoms with E-state index in [9.17, 15) is 19.5 Å². The predicted molar refractivity (Wildman–Crippen MR) is 88.2 cm³/mol. The molecule has 116 valence electrons. The fourth-order valence-corrected chi connectivity index (χ4v) is 3.25. The summed E-state index contributed by atoms with van der Waals surface area (Å²) in [5.74, 6) is -2.10. The topological polar surface area (TPSA) is 74.7 Å². The first kappa shape index (κ1) is 16.8. The first-order valence-electron chi connectivity index (χ1n) is 6.56. The van der Waals surface area contributed by atoms with Gasteiger partial charge in [0.05, 0.1) is 4.91 Å². The Balaban J connectivity index is 2.32. The zero-order valence-corrected chi connectivity index (χ0v) is 14.3. The smallest absolute Gasteiger partial charge is 0.327 e. The number of imide groups is 1. The number of halogens is 1. The number of benzene rings is 1. The second kappa shape index (κ2) is 6.66. The van der Waals surface area contributed by atoms with Gasteiger partial charge in [0.2, 0.25) is 0 Å². The van der Waals surface area contributed by atoms with Crippen LogP contribution in [0.2, 0.25) is 0 Å². The van der Waals surface area contributed by atoms with Gasteiger partial charge in [-0.15, -0.1) is 0 Å². The average Bonchev–Trinajstić information content (AvgIpc) is 2.69. The lowest BCUT2D eigenvalue weighted by Crippen LogP contribution is -2.47. The molecule has 7 heteroatoms. The second-order valence-electron chi connectivity index (χ2n) is 5.13. The minimum atomic E-state index is -1.18. The van der Waals surface area contributed by atoms with Gasteiger partial charge in [0.25, 0.3) is 11.1 Å². The number of hydrogen-bond donors (Lipinski definition) is 1. The number of carboxylic acids is 1. The molecule has 1 aromatic rings. The fraction of sp³-hybridized carbons (Fsp3) is 0.267. The molecule has 1 N–H and O–H groups in total. The van der Waals surface area contributed by atoms with Gasteiger partial charge in [-0.05, 0) is 41.5 Å². The number of carboxylic acid groups (broad SMARTS) is 1. The van der Waals surface area contributed by atoms with Crippen LogP contribution in [-0.4, -0.2) is 33.2 Å². The molecule has 0 aliphatic carbocycles. The molecule has 1 atom stereocenters. The number of hydrogen-bond acceptors (Lipinski definition) is 4. The van der Waals surface area contributed by atoms with Crippen LogP contribution in [-0.2, 0) is 9.59 Å². The van der Waals surface area contributed by atoms with Crippen LogP contribution in [0, 0.1) is 5.92 Å². The van der Waals surface area contributed by atoms with Crippen molar-refractivity contribution < 1.29 is 19.5 Å². The fourth-order valence-electron chi connectivity index (χ4n) is 2.12. The van der Waals surface area contributed by atoms with Gasteiger partial charge in [0.1, 0.15) is 6.04 Å². The van der Waals surface area contributed by atoms with Crippen molar-refractivity contribution in [3.8, 4) is 0 Å².